The molecule has 8 heteroatoms. The van der Waals surface area contributed by atoms with Gasteiger partial charge in [-0.25, -0.2) is 0 Å². The van der Waals surface area contributed by atoms with Crippen molar-refractivity contribution < 1.29 is 9.59 Å². The molecule has 2 aliphatic heterocycles. The molecule has 2 aliphatic rings. The third kappa shape index (κ3) is 1.81. The quantitative estimate of drug-likeness (QED) is 0.579. The van der Waals surface area contributed by atoms with Gasteiger partial charge in [0.05, 0.1) is 10.9 Å². The number of carbonyl (C=O) groups excluding carboxylic acids is 2. The van der Waals surface area contributed by atoms with Crippen LogP contribution in [0.4, 0.5) is 0 Å². The zero-order valence-electron chi connectivity index (χ0n) is 12.2. The summed E-state index contributed by atoms with van der Waals surface area (Å²) in [5, 5.41) is 3.64. The van der Waals surface area contributed by atoms with Gasteiger partial charge in [-0.2, -0.15) is 0 Å². The average molecular weight is 357 g/mol. The first kappa shape index (κ1) is 14.1. The van der Waals surface area contributed by atoms with Crippen LogP contribution in [0, 0.1) is 5.92 Å². The minimum absolute atomic E-state index is 0.162. The molecule has 2 amide bonds. The van der Waals surface area contributed by atoms with Crippen molar-refractivity contribution in [2.45, 2.75) is 16.2 Å². The Balaban J connectivity index is 1.79. The molecule has 1 aromatic carbocycles. The molecule has 2 aromatic heterocycles. The van der Waals surface area contributed by atoms with Crippen molar-refractivity contribution in [3.05, 3.63) is 50.6 Å². The number of nitrogens with one attached hydrogen (secondary N) is 3. The van der Waals surface area contributed by atoms with E-state index in [2.05, 4.69) is 15.3 Å². The molecule has 3 unspecified atom stereocenters. The van der Waals surface area contributed by atoms with E-state index in [9.17, 15) is 14.4 Å². The lowest BCUT2D eigenvalue weighted by Crippen LogP contribution is -2.31. The molecule has 0 spiro atoms. The molecule has 120 valence electrons. The van der Waals surface area contributed by atoms with Crippen molar-refractivity contribution in [3.63, 3.8) is 0 Å². The molecule has 0 saturated carbocycles. The van der Waals surface area contributed by atoms with Crippen molar-refractivity contribution in [1.82, 2.24) is 15.3 Å². The Labute approximate surface area is 143 Å². The fraction of sp³-hybridized carbons (Fsp3) is 0.188. The number of benzene rings is 1. The number of hydrogen-bond donors (Lipinski definition) is 3. The van der Waals surface area contributed by atoms with E-state index in [1.165, 1.54) is 11.8 Å². The molecule has 0 aliphatic carbocycles. The van der Waals surface area contributed by atoms with E-state index in [4.69, 9.17) is 0 Å². The van der Waals surface area contributed by atoms with Crippen LogP contribution in [-0.2, 0) is 9.59 Å². The summed E-state index contributed by atoms with van der Waals surface area (Å²) in [4.78, 5) is 43.2. The number of para-hydroxylation sites is 1. The zero-order chi connectivity index (χ0) is 16.4. The Kier molecular flexibility index (Phi) is 2.84. The summed E-state index contributed by atoms with van der Waals surface area (Å²) in [5.74, 6) is -1.35. The van der Waals surface area contributed by atoms with Crippen LogP contribution in [-0.4, -0.2) is 27.0 Å². The van der Waals surface area contributed by atoms with Gasteiger partial charge < -0.3 is 9.97 Å². The second-order valence-corrected chi connectivity index (χ2v) is 8.06. The Hall–Kier alpha value is -2.32. The van der Waals surface area contributed by atoms with Crippen molar-refractivity contribution in [2.75, 3.05) is 0 Å². The fourth-order valence-electron chi connectivity index (χ4n) is 3.62. The number of amides is 2. The number of hydrogen-bond acceptors (Lipinski definition) is 5. The number of aromatic amines is 2. The van der Waals surface area contributed by atoms with Crippen molar-refractivity contribution in [3.8, 4) is 0 Å². The molecule has 3 aromatic rings. The lowest BCUT2D eigenvalue weighted by molar-refractivity contribution is -0.125. The molecule has 6 nitrogen and oxygen atoms in total. The Bertz CT molecular complexity index is 1060. The van der Waals surface area contributed by atoms with Crippen LogP contribution in [0.25, 0.3) is 10.9 Å². The topological polar surface area (TPSA) is 94.8 Å². The lowest BCUT2D eigenvalue weighted by atomic mass is 9.83. The van der Waals surface area contributed by atoms with E-state index in [0.29, 0.717) is 5.03 Å². The van der Waals surface area contributed by atoms with Crippen molar-refractivity contribution in [2.24, 2.45) is 5.92 Å². The molecule has 4 heterocycles. The van der Waals surface area contributed by atoms with Crippen LogP contribution in [0.3, 0.4) is 0 Å². The Morgan fingerprint density at radius 2 is 1.88 bits per heavy atom. The maximum atomic E-state index is 12.4. The Morgan fingerprint density at radius 1 is 1.04 bits per heavy atom. The number of rotatable bonds is 1. The highest BCUT2D eigenvalue weighted by molar-refractivity contribution is 8.00. The van der Waals surface area contributed by atoms with Gasteiger partial charge in [-0.1, -0.05) is 41.3 Å². The summed E-state index contributed by atoms with van der Waals surface area (Å²) >= 11 is 2.40. The molecule has 5 rings (SSSR count). The normalized spacial score (nSPS) is 25.6. The predicted molar refractivity (Wildman–Crippen MR) is 91.4 cm³/mol. The van der Waals surface area contributed by atoms with Gasteiger partial charge >= 0.3 is 4.87 Å². The van der Waals surface area contributed by atoms with Gasteiger partial charge in [-0.15, -0.1) is 0 Å². The summed E-state index contributed by atoms with van der Waals surface area (Å²) in [5.41, 5.74) is 1.92. The predicted octanol–water partition coefficient (Wildman–Crippen LogP) is 1.80. The minimum Gasteiger partial charge on any atom is -0.361 e. The highest BCUT2D eigenvalue weighted by atomic mass is 32.2. The number of imide groups is 1. The maximum Gasteiger partial charge on any atom is 0.305 e. The van der Waals surface area contributed by atoms with Crippen LogP contribution in [0.2, 0.25) is 0 Å². The van der Waals surface area contributed by atoms with E-state index in [1.54, 1.807) is 0 Å². The van der Waals surface area contributed by atoms with Crippen LogP contribution in [0.5, 0.6) is 0 Å². The second-order valence-electron chi connectivity index (χ2n) is 5.89. The number of thiazole rings is 1. The van der Waals surface area contributed by atoms with Crippen LogP contribution in [0.1, 0.15) is 16.4 Å². The van der Waals surface area contributed by atoms with E-state index in [0.717, 1.165) is 32.7 Å². The van der Waals surface area contributed by atoms with Gasteiger partial charge in [0, 0.05) is 27.9 Å². The SMILES string of the molecule is O=C1NC(=O)C2C1Sc1[nH]c(=O)sc1C2c1c[nH]c2ccccc12. The first-order valence-corrected chi connectivity index (χ1v) is 9.13. The van der Waals surface area contributed by atoms with Gasteiger partial charge in [-0.3, -0.25) is 19.7 Å². The molecule has 3 N–H and O–H groups in total. The molecule has 1 fully saturated rings. The average Bonchev–Trinajstić information content (AvgIpc) is 3.22. The first-order valence-electron chi connectivity index (χ1n) is 7.44. The van der Waals surface area contributed by atoms with E-state index < -0.39 is 11.2 Å². The molecule has 3 atom stereocenters. The van der Waals surface area contributed by atoms with E-state index >= 15 is 0 Å². The minimum atomic E-state index is -0.506. The maximum absolute atomic E-state index is 12.4. The summed E-state index contributed by atoms with van der Waals surface area (Å²) in [6.45, 7) is 0. The summed E-state index contributed by atoms with van der Waals surface area (Å²) in [7, 11) is 0. The highest BCUT2D eigenvalue weighted by Crippen LogP contribution is 2.51. The summed E-state index contributed by atoms with van der Waals surface area (Å²) in [6, 6.07) is 7.83. The monoisotopic (exact) mass is 357 g/mol. The fourth-order valence-corrected chi connectivity index (χ4v) is 6.10. The summed E-state index contributed by atoms with van der Waals surface area (Å²) < 4.78 is 0. The third-order valence-electron chi connectivity index (χ3n) is 4.62. The van der Waals surface area contributed by atoms with Crippen molar-refractivity contribution >= 4 is 45.8 Å². The number of fused-ring (bicyclic) bond motifs is 3. The first-order chi connectivity index (χ1) is 11.6. The number of carbonyl (C=O) groups is 2. The molecule has 0 radical (unpaired) electrons. The second kappa shape index (κ2) is 4.84. The summed E-state index contributed by atoms with van der Waals surface area (Å²) in [6.07, 6.45) is 1.88. The third-order valence-corrected chi connectivity index (χ3v) is 7.03. The zero-order valence-corrected chi connectivity index (χ0v) is 13.8. The van der Waals surface area contributed by atoms with Gasteiger partial charge in [0.1, 0.15) is 5.25 Å². The molecule has 0 bridgehead atoms. The van der Waals surface area contributed by atoms with E-state index in [1.807, 2.05) is 30.5 Å². The number of thioether (sulfide) groups is 1. The molecular formula is C16H11N3O3S2. The largest absolute Gasteiger partial charge is 0.361 e. The van der Waals surface area contributed by atoms with Gasteiger partial charge in [0.25, 0.3) is 0 Å². The molecule has 1 saturated heterocycles. The van der Waals surface area contributed by atoms with Crippen LogP contribution < -0.4 is 10.2 Å². The van der Waals surface area contributed by atoms with Gasteiger partial charge in [-0.05, 0) is 11.6 Å². The standard InChI is InChI=1S/C16H11N3O3S2/c20-13-10-9(7-5-17-8-4-2-1-3-6(7)8)12-15(19-16(22)24-12)23-11(10)14(21)18-13/h1-5,9-11,17H,(H,19,22)(H,18,20,21). The van der Waals surface area contributed by atoms with Gasteiger partial charge in [0.15, 0.2) is 0 Å². The number of H-pyrrole nitrogens is 2. The van der Waals surface area contributed by atoms with Crippen LogP contribution >= 0.6 is 23.1 Å². The molecule has 24 heavy (non-hydrogen) atoms. The smallest absolute Gasteiger partial charge is 0.305 e. The van der Waals surface area contributed by atoms with Gasteiger partial charge in [0.2, 0.25) is 11.8 Å². The number of aromatic nitrogens is 2. The molecular weight excluding hydrogens is 346 g/mol. The van der Waals surface area contributed by atoms with Crippen molar-refractivity contribution in [1.29, 1.82) is 0 Å². The van der Waals surface area contributed by atoms with Crippen LogP contribution in [0.15, 0.2) is 40.3 Å². The van der Waals surface area contributed by atoms with E-state index in [-0.39, 0.29) is 22.6 Å². The lowest BCUT2D eigenvalue weighted by Gasteiger charge is -2.29. The highest BCUT2D eigenvalue weighted by Gasteiger charge is 2.52. The Morgan fingerprint density at radius 3 is 2.75 bits per heavy atom.